The molecule has 0 nitrogen and oxygen atoms in total. The van der Waals surface area contributed by atoms with E-state index < -0.39 is 0 Å². The summed E-state index contributed by atoms with van der Waals surface area (Å²) in [4.78, 5) is 0. The molecule has 0 aromatic rings. The first-order chi connectivity index (χ1) is 9.41. The van der Waals surface area contributed by atoms with Crippen LogP contribution in [0.25, 0.3) is 0 Å². The Morgan fingerprint density at radius 2 is 0.737 bits per heavy atom. The van der Waals surface area contributed by atoms with Crippen molar-refractivity contribution in [2.24, 2.45) is 0 Å². The van der Waals surface area contributed by atoms with Crippen LogP contribution in [0.4, 0.5) is 0 Å². The van der Waals surface area contributed by atoms with Gasteiger partial charge in [0.05, 0.1) is 0 Å². The molecule has 0 aliphatic carbocycles. The van der Waals surface area contributed by atoms with Crippen molar-refractivity contribution in [1.29, 1.82) is 0 Å². The lowest BCUT2D eigenvalue weighted by atomic mass is 10.1. The van der Waals surface area contributed by atoms with Gasteiger partial charge < -0.3 is 0 Å². The largest absolute Gasteiger partial charge is 0.0885 e. The smallest absolute Gasteiger partial charge is 0.0351 e. The van der Waals surface area contributed by atoms with E-state index in [-0.39, 0.29) is 0 Å². The maximum Gasteiger partial charge on any atom is -0.0351 e. The van der Waals surface area contributed by atoms with Crippen molar-refractivity contribution >= 4 is 0 Å². The highest BCUT2D eigenvalue weighted by Crippen LogP contribution is 2.10. The third-order valence-corrected chi connectivity index (χ3v) is 3.87. The predicted octanol–water partition coefficient (Wildman–Crippen LogP) is 7.43. The summed E-state index contributed by atoms with van der Waals surface area (Å²) in [5.41, 5.74) is 0. The lowest BCUT2D eigenvalue weighted by molar-refractivity contribution is 0.591. The summed E-state index contributed by atoms with van der Waals surface area (Å²) in [6.45, 7) is 4.57. The van der Waals surface area contributed by atoms with Crippen molar-refractivity contribution in [3.05, 3.63) is 12.2 Å². The van der Waals surface area contributed by atoms with Crippen LogP contribution in [0.5, 0.6) is 0 Å². The first-order valence-corrected chi connectivity index (χ1v) is 9.06. The zero-order valence-electron chi connectivity index (χ0n) is 13.8. The minimum atomic E-state index is 1.31. The van der Waals surface area contributed by atoms with Crippen molar-refractivity contribution < 1.29 is 0 Å². The highest BCUT2D eigenvalue weighted by molar-refractivity contribution is 4.81. The summed E-state index contributed by atoms with van der Waals surface area (Å²) in [5, 5.41) is 0. The number of hydrogen-bond donors (Lipinski definition) is 0. The first kappa shape index (κ1) is 18.7. The molecule has 0 bridgehead atoms. The molecule has 0 spiro atoms. The number of rotatable bonds is 15. The van der Waals surface area contributed by atoms with Crippen LogP contribution in [0.2, 0.25) is 0 Å². The van der Waals surface area contributed by atoms with E-state index in [4.69, 9.17) is 0 Å². The van der Waals surface area contributed by atoms with E-state index in [1.165, 1.54) is 96.3 Å². The molecule has 0 N–H and O–H groups in total. The molecule has 0 atom stereocenters. The lowest BCUT2D eigenvalue weighted by Crippen LogP contribution is -1.79. The second-order valence-corrected chi connectivity index (χ2v) is 5.94. The molecule has 0 rings (SSSR count). The average molecular weight is 267 g/mol. The first-order valence-electron chi connectivity index (χ1n) is 9.06. The lowest BCUT2D eigenvalue weighted by Gasteiger charge is -1.99. The fraction of sp³-hybridized carbons (Fsp3) is 0.895. The van der Waals surface area contributed by atoms with Gasteiger partial charge in [-0.05, 0) is 25.7 Å². The van der Waals surface area contributed by atoms with Gasteiger partial charge in [0.25, 0.3) is 0 Å². The van der Waals surface area contributed by atoms with Gasteiger partial charge in [-0.25, -0.2) is 0 Å². The minimum absolute atomic E-state index is 1.31. The molecule has 19 heavy (non-hydrogen) atoms. The third kappa shape index (κ3) is 17.7. The van der Waals surface area contributed by atoms with Gasteiger partial charge in [0, 0.05) is 0 Å². The Morgan fingerprint density at radius 3 is 1.11 bits per heavy atom. The van der Waals surface area contributed by atoms with Crippen molar-refractivity contribution in [2.75, 3.05) is 0 Å². The van der Waals surface area contributed by atoms with E-state index in [1.54, 1.807) is 0 Å². The van der Waals surface area contributed by atoms with E-state index in [0.717, 1.165) is 0 Å². The maximum absolute atomic E-state index is 2.41. The van der Waals surface area contributed by atoms with E-state index >= 15 is 0 Å². The minimum Gasteiger partial charge on any atom is -0.0885 e. The SMILES string of the molecule is CCCCCCCCC=CCCCCCCCCC. The van der Waals surface area contributed by atoms with Crippen molar-refractivity contribution in [2.45, 2.75) is 110 Å². The third-order valence-electron chi connectivity index (χ3n) is 3.87. The molecule has 0 heteroatoms. The standard InChI is InChI=1S/C19H38/c1-3-5-7-9-11-13-15-17-19-18-16-14-12-10-8-6-4-2/h17,19H,3-16,18H2,1-2H3. The maximum atomic E-state index is 2.41. The predicted molar refractivity (Wildman–Crippen MR) is 89.7 cm³/mol. The molecule has 0 fully saturated rings. The van der Waals surface area contributed by atoms with Crippen LogP contribution in [-0.2, 0) is 0 Å². The molecule has 0 aromatic carbocycles. The molecule has 0 aliphatic rings. The fourth-order valence-corrected chi connectivity index (χ4v) is 2.50. The van der Waals surface area contributed by atoms with Crippen molar-refractivity contribution in [1.82, 2.24) is 0 Å². The topological polar surface area (TPSA) is 0 Å². The molecule has 0 heterocycles. The molecule has 0 amide bonds. The summed E-state index contributed by atoms with van der Waals surface area (Å²) in [5.74, 6) is 0. The van der Waals surface area contributed by atoms with Crippen LogP contribution in [0.3, 0.4) is 0 Å². The molecule has 0 aromatic heterocycles. The Labute approximate surface area is 123 Å². The molecule has 0 saturated carbocycles. The van der Waals surface area contributed by atoms with Crippen LogP contribution in [0, 0.1) is 0 Å². The van der Waals surface area contributed by atoms with Crippen LogP contribution < -0.4 is 0 Å². The Hall–Kier alpha value is -0.260. The fourth-order valence-electron chi connectivity index (χ4n) is 2.50. The zero-order chi connectivity index (χ0) is 14.0. The highest BCUT2D eigenvalue weighted by atomic mass is 14.0. The molecule has 114 valence electrons. The van der Waals surface area contributed by atoms with Gasteiger partial charge in [0.1, 0.15) is 0 Å². The van der Waals surface area contributed by atoms with Crippen LogP contribution in [0.1, 0.15) is 110 Å². The van der Waals surface area contributed by atoms with Crippen molar-refractivity contribution in [3.8, 4) is 0 Å². The molecule has 0 aliphatic heterocycles. The summed E-state index contributed by atoms with van der Waals surface area (Å²) in [6, 6.07) is 0. The van der Waals surface area contributed by atoms with Crippen molar-refractivity contribution in [3.63, 3.8) is 0 Å². The average Bonchev–Trinajstić information content (AvgIpc) is 2.43. The van der Waals surface area contributed by atoms with Gasteiger partial charge in [-0.15, -0.1) is 0 Å². The quantitative estimate of drug-likeness (QED) is 0.213. The highest BCUT2D eigenvalue weighted by Gasteiger charge is 1.90. The van der Waals surface area contributed by atoms with Gasteiger partial charge in [-0.2, -0.15) is 0 Å². The van der Waals surface area contributed by atoms with Gasteiger partial charge in [-0.3, -0.25) is 0 Å². The normalized spacial score (nSPS) is 11.5. The summed E-state index contributed by atoms with van der Waals surface area (Å²) < 4.78 is 0. The Morgan fingerprint density at radius 1 is 0.421 bits per heavy atom. The zero-order valence-corrected chi connectivity index (χ0v) is 13.8. The Kier molecular flexibility index (Phi) is 17.5. The summed E-state index contributed by atoms with van der Waals surface area (Å²) in [6.07, 6.45) is 25.9. The van der Waals surface area contributed by atoms with Gasteiger partial charge in [0.15, 0.2) is 0 Å². The monoisotopic (exact) mass is 266 g/mol. The van der Waals surface area contributed by atoms with E-state index in [0.29, 0.717) is 0 Å². The Bertz CT molecular complexity index is 169. The molecular weight excluding hydrogens is 228 g/mol. The number of allylic oxidation sites excluding steroid dienone is 2. The molecule has 0 unspecified atom stereocenters. The van der Waals surface area contributed by atoms with E-state index in [2.05, 4.69) is 26.0 Å². The van der Waals surface area contributed by atoms with E-state index in [9.17, 15) is 0 Å². The molecule has 0 radical (unpaired) electrons. The van der Waals surface area contributed by atoms with Crippen LogP contribution in [-0.4, -0.2) is 0 Å². The number of unbranched alkanes of at least 4 members (excludes halogenated alkanes) is 13. The number of hydrogen-bond acceptors (Lipinski definition) is 0. The van der Waals surface area contributed by atoms with Crippen LogP contribution >= 0.6 is 0 Å². The van der Waals surface area contributed by atoms with E-state index in [1.807, 2.05) is 0 Å². The Balaban J connectivity index is 3.01. The second kappa shape index (κ2) is 17.7. The van der Waals surface area contributed by atoms with Gasteiger partial charge in [0.2, 0.25) is 0 Å². The second-order valence-electron chi connectivity index (χ2n) is 5.94. The van der Waals surface area contributed by atoms with Gasteiger partial charge >= 0.3 is 0 Å². The molecular formula is C19H38. The van der Waals surface area contributed by atoms with Gasteiger partial charge in [-0.1, -0.05) is 96.6 Å². The summed E-state index contributed by atoms with van der Waals surface area (Å²) >= 11 is 0. The summed E-state index contributed by atoms with van der Waals surface area (Å²) in [7, 11) is 0. The van der Waals surface area contributed by atoms with Crippen LogP contribution in [0.15, 0.2) is 12.2 Å². The molecule has 0 saturated heterocycles.